The average Bonchev–Trinajstić information content (AvgIpc) is 2.43. The second-order valence-corrected chi connectivity index (χ2v) is 5.77. The van der Waals surface area contributed by atoms with Crippen molar-refractivity contribution in [1.82, 2.24) is 5.32 Å². The molecule has 0 spiro atoms. The molecule has 0 aliphatic rings. The lowest BCUT2D eigenvalue weighted by atomic mass is 10.2. The molecule has 0 bridgehead atoms. The fourth-order valence-corrected chi connectivity index (χ4v) is 2.16. The highest BCUT2D eigenvalue weighted by atomic mass is 79.9. The summed E-state index contributed by atoms with van der Waals surface area (Å²) in [7, 11) is 4.05. The molecule has 2 aromatic carbocycles. The monoisotopic (exact) mass is 336 g/mol. The van der Waals surface area contributed by atoms with Crippen molar-refractivity contribution in [3.8, 4) is 0 Å². The molecule has 0 unspecified atom stereocenters. The largest absolute Gasteiger partial charge is 0.378 e. The molecule has 2 nitrogen and oxygen atoms in total. The van der Waals surface area contributed by atoms with Crippen LogP contribution in [0.1, 0.15) is 11.1 Å². The van der Waals surface area contributed by atoms with Crippen LogP contribution in [0, 0.1) is 5.82 Å². The highest BCUT2D eigenvalue weighted by Crippen LogP contribution is 2.16. The van der Waals surface area contributed by atoms with Crippen LogP contribution in [0.15, 0.2) is 46.9 Å². The third-order valence-corrected chi connectivity index (χ3v) is 3.74. The lowest BCUT2D eigenvalue weighted by molar-refractivity contribution is 0.614. The van der Waals surface area contributed by atoms with Crippen LogP contribution in [0.3, 0.4) is 0 Å². The summed E-state index contributed by atoms with van der Waals surface area (Å²) in [4.78, 5) is 2.07. The van der Waals surface area contributed by atoms with Gasteiger partial charge >= 0.3 is 0 Å². The maximum Gasteiger partial charge on any atom is 0.137 e. The van der Waals surface area contributed by atoms with E-state index in [0.717, 1.165) is 12.1 Å². The Hall–Kier alpha value is -1.39. The summed E-state index contributed by atoms with van der Waals surface area (Å²) in [6.45, 7) is 1.42. The first-order valence-electron chi connectivity index (χ1n) is 6.47. The van der Waals surface area contributed by atoms with Gasteiger partial charge in [0.25, 0.3) is 0 Å². The lowest BCUT2D eigenvalue weighted by Crippen LogP contribution is -2.13. The average molecular weight is 337 g/mol. The van der Waals surface area contributed by atoms with E-state index in [9.17, 15) is 4.39 Å². The van der Waals surface area contributed by atoms with Crippen LogP contribution in [0.4, 0.5) is 10.1 Å². The minimum atomic E-state index is -0.223. The molecular weight excluding hydrogens is 319 g/mol. The number of hydrogen-bond donors (Lipinski definition) is 1. The molecule has 4 heteroatoms. The van der Waals surface area contributed by atoms with Crippen LogP contribution >= 0.6 is 15.9 Å². The van der Waals surface area contributed by atoms with Gasteiger partial charge in [-0.3, -0.25) is 0 Å². The molecule has 0 heterocycles. The van der Waals surface area contributed by atoms with E-state index in [1.165, 1.54) is 11.3 Å². The van der Waals surface area contributed by atoms with Gasteiger partial charge in [-0.1, -0.05) is 18.2 Å². The van der Waals surface area contributed by atoms with E-state index in [1.807, 2.05) is 20.2 Å². The molecule has 0 aliphatic carbocycles. The van der Waals surface area contributed by atoms with Crippen LogP contribution in [0.2, 0.25) is 0 Å². The van der Waals surface area contributed by atoms with E-state index in [2.05, 4.69) is 50.4 Å². The van der Waals surface area contributed by atoms with Gasteiger partial charge in [0.2, 0.25) is 0 Å². The molecule has 20 heavy (non-hydrogen) atoms. The number of anilines is 1. The van der Waals surface area contributed by atoms with E-state index in [4.69, 9.17) is 0 Å². The lowest BCUT2D eigenvalue weighted by Gasteiger charge is -2.13. The van der Waals surface area contributed by atoms with Gasteiger partial charge in [-0.25, -0.2) is 4.39 Å². The Balaban J connectivity index is 1.87. The van der Waals surface area contributed by atoms with Crippen molar-refractivity contribution in [2.75, 3.05) is 19.0 Å². The van der Waals surface area contributed by atoms with Gasteiger partial charge < -0.3 is 10.2 Å². The van der Waals surface area contributed by atoms with Crippen LogP contribution in [0.25, 0.3) is 0 Å². The van der Waals surface area contributed by atoms with Crippen molar-refractivity contribution in [1.29, 1.82) is 0 Å². The van der Waals surface area contributed by atoms with Gasteiger partial charge in [-0.15, -0.1) is 0 Å². The van der Waals surface area contributed by atoms with E-state index in [1.54, 1.807) is 12.1 Å². The van der Waals surface area contributed by atoms with Crippen LogP contribution in [0.5, 0.6) is 0 Å². The molecule has 0 atom stereocenters. The topological polar surface area (TPSA) is 15.3 Å². The summed E-state index contributed by atoms with van der Waals surface area (Å²) >= 11 is 3.15. The van der Waals surface area contributed by atoms with Crippen molar-refractivity contribution in [2.24, 2.45) is 0 Å². The normalized spacial score (nSPS) is 10.6. The second-order valence-electron chi connectivity index (χ2n) is 4.91. The molecule has 0 aliphatic heterocycles. The first-order chi connectivity index (χ1) is 9.56. The smallest absolute Gasteiger partial charge is 0.137 e. The minimum absolute atomic E-state index is 0.223. The zero-order valence-corrected chi connectivity index (χ0v) is 13.2. The number of nitrogens with one attached hydrogen (secondary N) is 1. The van der Waals surface area contributed by atoms with Crippen molar-refractivity contribution in [2.45, 2.75) is 13.1 Å². The van der Waals surface area contributed by atoms with Gasteiger partial charge in [-0.05, 0) is 51.3 Å². The summed E-state index contributed by atoms with van der Waals surface area (Å²) < 4.78 is 13.9. The van der Waals surface area contributed by atoms with Crippen molar-refractivity contribution in [3.05, 3.63) is 63.9 Å². The van der Waals surface area contributed by atoms with Crippen molar-refractivity contribution < 1.29 is 4.39 Å². The quantitative estimate of drug-likeness (QED) is 0.889. The van der Waals surface area contributed by atoms with E-state index in [-0.39, 0.29) is 5.82 Å². The van der Waals surface area contributed by atoms with E-state index >= 15 is 0 Å². The van der Waals surface area contributed by atoms with Gasteiger partial charge in [0.05, 0.1) is 4.47 Å². The zero-order valence-electron chi connectivity index (χ0n) is 11.7. The molecule has 2 rings (SSSR count). The highest BCUT2D eigenvalue weighted by Gasteiger charge is 2.01. The van der Waals surface area contributed by atoms with Crippen LogP contribution < -0.4 is 10.2 Å². The Labute approximate surface area is 127 Å². The molecular formula is C16H18BrFN2. The summed E-state index contributed by atoms with van der Waals surface area (Å²) in [5.41, 5.74) is 3.34. The molecule has 0 amide bonds. The van der Waals surface area contributed by atoms with Crippen LogP contribution in [-0.4, -0.2) is 14.1 Å². The SMILES string of the molecule is CN(C)c1ccc(CNCc2ccc(Br)c(F)c2)cc1. The van der Waals surface area contributed by atoms with Gasteiger partial charge in [0.1, 0.15) is 5.82 Å². The Morgan fingerprint density at radius 1 is 1.00 bits per heavy atom. The molecule has 106 valence electrons. The third kappa shape index (κ3) is 4.05. The molecule has 1 N–H and O–H groups in total. The Morgan fingerprint density at radius 3 is 2.20 bits per heavy atom. The molecule has 0 aromatic heterocycles. The Morgan fingerprint density at radius 2 is 1.60 bits per heavy atom. The first kappa shape index (κ1) is 15.0. The summed E-state index contributed by atoms with van der Waals surface area (Å²) in [5, 5.41) is 3.32. The van der Waals surface area contributed by atoms with E-state index in [0.29, 0.717) is 11.0 Å². The highest BCUT2D eigenvalue weighted by molar-refractivity contribution is 9.10. The first-order valence-corrected chi connectivity index (χ1v) is 7.26. The molecule has 2 aromatic rings. The minimum Gasteiger partial charge on any atom is -0.378 e. The van der Waals surface area contributed by atoms with Crippen molar-refractivity contribution in [3.63, 3.8) is 0 Å². The fourth-order valence-electron chi connectivity index (χ4n) is 1.91. The Kier molecular flexibility index (Phi) is 5.15. The van der Waals surface area contributed by atoms with Gasteiger partial charge in [0, 0.05) is 32.9 Å². The zero-order chi connectivity index (χ0) is 14.5. The summed E-state index contributed by atoms with van der Waals surface area (Å²) in [6, 6.07) is 13.6. The number of hydrogen-bond acceptors (Lipinski definition) is 2. The van der Waals surface area contributed by atoms with Crippen molar-refractivity contribution >= 4 is 21.6 Å². The summed E-state index contributed by atoms with van der Waals surface area (Å²) in [6.07, 6.45) is 0. The van der Waals surface area contributed by atoms with Gasteiger partial charge in [0.15, 0.2) is 0 Å². The number of benzene rings is 2. The second kappa shape index (κ2) is 6.86. The molecule has 0 saturated heterocycles. The number of nitrogens with zero attached hydrogens (tertiary/aromatic N) is 1. The third-order valence-electron chi connectivity index (χ3n) is 3.09. The maximum absolute atomic E-state index is 13.4. The molecule has 0 radical (unpaired) electrons. The standard InChI is InChI=1S/C16H18BrFN2/c1-20(2)14-6-3-12(4-7-14)10-19-11-13-5-8-15(17)16(18)9-13/h3-9,19H,10-11H2,1-2H3. The maximum atomic E-state index is 13.4. The predicted octanol–water partition coefficient (Wildman–Crippen LogP) is 3.94. The number of halogens is 2. The van der Waals surface area contributed by atoms with Gasteiger partial charge in [-0.2, -0.15) is 0 Å². The fraction of sp³-hybridized carbons (Fsp3) is 0.250. The Bertz CT molecular complexity index is 567. The molecule has 0 saturated carbocycles. The van der Waals surface area contributed by atoms with E-state index < -0.39 is 0 Å². The van der Waals surface area contributed by atoms with Crippen LogP contribution in [-0.2, 0) is 13.1 Å². The number of rotatable bonds is 5. The molecule has 0 fully saturated rings. The predicted molar refractivity (Wildman–Crippen MR) is 85.4 cm³/mol. The summed E-state index contributed by atoms with van der Waals surface area (Å²) in [5.74, 6) is -0.223.